The van der Waals surface area contributed by atoms with Gasteiger partial charge in [0.25, 0.3) is 5.91 Å². The average molecular weight is 374 g/mol. The van der Waals surface area contributed by atoms with Crippen molar-refractivity contribution in [3.63, 3.8) is 0 Å². The van der Waals surface area contributed by atoms with Crippen molar-refractivity contribution in [1.29, 1.82) is 0 Å². The van der Waals surface area contributed by atoms with Crippen molar-refractivity contribution >= 4 is 33.7 Å². The lowest BCUT2D eigenvalue weighted by Crippen LogP contribution is -2.20. The molecule has 0 atom stereocenters. The first-order valence-corrected chi connectivity index (χ1v) is 7.75. The first-order chi connectivity index (χ1) is 11.0. The van der Waals surface area contributed by atoms with Crippen LogP contribution in [0.15, 0.2) is 53.0 Å². The van der Waals surface area contributed by atoms with E-state index < -0.39 is 5.91 Å². The molecule has 5 heteroatoms. The lowest BCUT2D eigenvalue weighted by molar-refractivity contribution is -0.119. The van der Waals surface area contributed by atoms with Crippen LogP contribution in [0.2, 0.25) is 0 Å². The summed E-state index contributed by atoms with van der Waals surface area (Å²) in [4.78, 5) is 22.9. The van der Waals surface area contributed by atoms with Gasteiger partial charge in [0.1, 0.15) is 5.75 Å². The third-order valence-electron chi connectivity index (χ3n) is 3.13. The molecule has 2 aromatic carbocycles. The Hall–Kier alpha value is -2.40. The topological polar surface area (TPSA) is 69.4 Å². The molecular formula is C18H16BrNO3. The van der Waals surface area contributed by atoms with Gasteiger partial charge in [-0.25, -0.2) is 0 Å². The van der Waals surface area contributed by atoms with Crippen LogP contribution in [-0.4, -0.2) is 18.3 Å². The number of allylic oxidation sites excluding steroid dienone is 1. The first-order valence-electron chi connectivity index (χ1n) is 6.95. The molecule has 118 valence electrons. The summed E-state index contributed by atoms with van der Waals surface area (Å²) in [5.41, 5.74) is 7.32. The van der Waals surface area contributed by atoms with Gasteiger partial charge < -0.3 is 10.5 Å². The van der Waals surface area contributed by atoms with Crippen molar-refractivity contribution in [2.75, 3.05) is 6.61 Å². The van der Waals surface area contributed by atoms with E-state index in [4.69, 9.17) is 10.5 Å². The van der Waals surface area contributed by atoms with Crippen molar-refractivity contribution in [3.8, 4) is 5.75 Å². The van der Waals surface area contributed by atoms with E-state index >= 15 is 0 Å². The monoisotopic (exact) mass is 373 g/mol. The second-order valence-electron chi connectivity index (χ2n) is 4.98. The van der Waals surface area contributed by atoms with Crippen LogP contribution in [0.1, 0.15) is 21.5 Å². The first kappa shape index (κ1) is 17.0. The molecule has 2 rings (SSSR count). The highest BCUT2D eigenvalue weighted by molar-refractivity contribution is 9.10. The minimum Gasteiger partial charge on any atom is -0.484 e. The van der Waals surface area contributed by atoms with E-state index in [1.165, 1.54) is 6.08 Å². The van der Waals surface area contributed by atoms with E-state index in [0.717, 1.165) is 15.6 Å². The van der Waals surface area contributed by atoms with Crippen LogP contribution in [0.5, 0.6) is 5.75 Å². The Kier molecular flexibility index (Phi) is 5.71. The predicted octanol–water partition coefficient (Wildman–Crippen LogP) is 3.52. The molecule has 0 saturated carbocycles. The number of carbonyl (C=O) groups is 2. The number of amides is 1. The molecule has 0 saturated heterocycles. The maximum atomic E-state index is 12.2. The van der Waals surface area contributed by atoms with Gasteiger partial charge in [-0.3, -0.25) is 9.59 Å². The highest BCUT2D eigenvalue weighted by atomic mass is 79.9. The summed E-state index contributed by atoms with van der Waals surface area (Å²) < 4.78 is 6.25. The summed E-state index contributed by atoms with van der Waals surface area (Å²) in [5.74, 6) is -0.100. The fraction of sp³-hybridized carbons (Fsp3) is 0.111. The van der Waals surface area contributed by atoms with Crippen LogP contribution in [0.3, 0.4) is 0 Å². The van der Waals surface area contributed by atoms with E-state index in [9.17, 15) is 9.59 Å². The van der Waals surface area contributed by atoms with E-state index in [-0.39, 0.29) is 12.4 Å². The molecular weight excluding hydrogens is 358 g/mol. The molecule has 0 spiro atoms. The molecule has 0 radical (unpaired) electrons. The van der Waals surface area contributed by atoms with Crippen LogP contribution < -0.4 is 10.5 Å². The van der Waals surface area contributed by atoms with Crippen molar-refractivity contribution in [1.82, 2.24) is 0 Å². The van der Waals surface area contributed by atoms with Gasteiger partial charge in [0, 0.05) is 10.0 Å². The number of benzene rings is 2. The molecule has 4 nitrogen and oxygen atoms in total. The minimum atomic E-state index is -0.540. The van der Waals surface area contributed by atoms with Gasteiger partial charge in [-0.1, -0.05) is 34.1 Å². The normalized spacial score (nSPS) is 10.7. The molecule has 2 N–H and O–H groups in total. The Bertz CT molecular complexity index is 751. The predicted molar refractivity (Wildman–Crippen MR) is 93.4 cm³/mol. The van der Waals surface area contributed by atoms with Crippen molar-refractivity contribution < 1.29 is 14.3 Å². The number of carbonyl (C=O) groups excluding carboxylic acids is 2. The third kappa shape index (κ3) is 5.07. The second-order valence-corrected chi connectivity index (χ2v) is 5.90. The summed E-state index contributed by atoms with van der Waals surface area (Å²) in [6, 6.07) is 12.7. The number of nitrogens with two attached hydrogens (primary N) is 1. The molecule has 0 unspecified atom stereocenters. The smallest absolute Gasteiger partial charge is 0.255 e. The lowest BCUT2D eigenvalue weighted by atomic mass is 10.1. The van der Waals surface area contributed by atoms with E-state index in [1.54, 1.807) is 24.3 Å². The van der Waals surface area contributed by atoms with Gasteiger partial charge in [0.2, 0.25) is 0 Å². The van der Waals surface area contributed by atoms with E-state index in [0.29, 0.717) is 11.3 Å². The number of hydrogen-bond donors (Lipinski definition) is 1. The third-order valence-corrected chi connectivity index (χ3v) is 3.66. The fourth-order valence-corrected chi connectivity index (χ4v) is 2.22. The van der Waals surface area contributed by atoms with E-state index in [2.05, 4.69) is 15.9 Å². The van der Waals surface area contributed by atoms with Gasteiger partial charge in [0.15, 0.2) is 12.4 Å². The summed E-state index contributed by atoms with van der Waals surface area (Å²) in [6.45, 7) is 1.63. The highest BCUT2D eigenvalue weighted by Crippen LogP contribution is 2.20. The fourth-order valence-electron chi connectivity index (χ4n) is 1.96. The maximum Gasteiger partial charge on any atom is 0.255 e. The van der Waals surface area contributed by atoms with Crippen LogP contribution >= 0.6 is 15.9 Å². The van der Waals surface area contributed by atoms with Gasteiger partial charge in [-0.05, 0) is 54.5 Å². The zero-order valence-electron chi connectivity index (χ0n) is 12.6. The van der Waals surface area contributed by atoms with E-state index in [1.807, 2.05) is 31.2 Å². The lowest BCUT2D eigenvalue weighted by Gasteiger charge is -2.08. The largest absolute Gasteiger partial charge is 0.484 e. The summed E-state index contributed by atoms with van der Waals surface area (Å²) in [6.07, 6.45) is 3.30. The van der Waals surface area contributed by atoms with Crippen molar-refractivity contribution in [3.05, 3.63) is 69.7 Å². The molecule has 0 aromatic heterocycles. The number of ether oxygens (including phenoxy) is 1. The minimum absolute atomic E-state index is 0.0996. The Morgan fingerprint density at radius 3 is 2.48 bits per heavy atom. The molecule has 0 heterocycles. The van der Waals surface area contributed by atoms with Crippen LogP contribution in [0.25, 0.3) is 6.08 Å². The number of aryl methyl sites for hydroxylation is 1. The molecule has 0 bridgehead atoms. The van der Waals surface area contributed by atoms with Gasteiger partial charge in [-0.15, -0.1) is 0 Å². The Morgan fingerprint density at radius 2 is 1.87 bits per heavy atom. The van der Waals surface area contributed by atoms with Crippen LogP contribution in [0, 0.1) is 6.92 Å². The molecule has 23 heavy (non-hydrogen) atoms. The van der Waals surface area contributed by atoms with Crippen molar-refractivity contribution in [2.45, 2.75) is 6.92 Å². The summed E-state index contributed by atoms with van der Waals surface area (Å²) >= 11 is 3.37. The number of rotatable bonds is 6. The van der Waals surface area contributed by atoms with Gasteiger partial charge in [0.05, 0.1) is 0 Å². The van der Waals surface area contributed by atoms with Gasteiger partial charge in [-0.2, -0.15) is 0 Å². The number of halogens is 1. The molecule has 0 aliphatic heterocycles. The number of primary amides is 1. The summed E-state index contributed by atoms with van der Waals surface area (Å²) in [5, 5.41) is 0. The molecule has 2 aromatic rings. The SMILES string of the molecule is Cc1cc(C(=O)/C=C/c2ccc(Br)cc2)ccc1OCC(N)=O. The maximum absolute atomic E-state index is 12.2. The number of hydrogen-bond acceptors (Lipinski definition) is 3. The van der Waals surface area contributed by atoms with Gasteiger partial charge >= 0.3 is 0 Å². The zero-order valence-corrected chi connectivity index (χ0v) is 14.2. The van der Waals surface area contributed by atoms with Crippen LogP contribution in [-0.2, 0) is 4.79 Å². The Balaban J connectivity index is 2.08. The number of ketones is 1. The molecule has 1 amide bonds. The molecule has 0 aliphatic rings. The van der Waals surface area contributed by atoms with Crippen LogP contribution in [0.4, 0.5) is 0 Å². The highest BCUT2D eigenvalue weighted by Gasteiger charge is 2.07. The Morgan fingerprint density at radius 1 is 1.17 bits per heavy atom. The molecule has 0 fully saturated rings. The molecule has 0 aliphatic carbocycles. The standard InChI is InChI=1S/C18H16BrNO3/c1-12-10-14(5-9-17(12)23-11-18(20)22)16(21)8-4-13-2-6-15(19)7-3-13/h2-10H,11H2,1H3,(H2,20,22)/b8-4+. The second kappa shape index (κ2) is 7.74. The average Bonchev–Trinajstić information content (AvgIpc) is 2.52. The quantitative estimate of drug-likeness (QED) is 0.621. The van der Waals surface area contributed by atoms with Crippen molar-refractivity contribution in [2.24, 2.45) is 5.73 Å². The summed E-state index contributed by atoms with van der Waals surface area (Å²) in [7, 11) is 0. The Labute approximate surface area is 143 Å². The zero-order chi connectivity index (χ0) is 16.8.